The zero-order valence-corrected chi connectivity index (χ0v) is 20.1. The molecule has 0 unspecified atom stereocenters. The molecule has 2 aromatic carbocycles. The second-order valence-corrected chi connectivity index (χ2v) is 9.42. The predicted molar refractivity (Wildman–Crippen MR) is 129 cm³/mol. The molecule has 0 saturated heterocycles. The molecular formula is C28H29F3N2O3. The molecule has 8 heteroatoms. The number of halogens is 3. The van der Waals surface area contributed by atoms with Gasteiger partial charge in [0.15, 0.2) is 5.78 Å². The van der Waals surface area contributed by atoms with Gasteiger partial charge in [-0.2, -0.15) is 13.2 Å². The third-order valence-electron chi connectivity index (χ3n) is 7.15. The Bertz CT molecular complexity index is 1160. The first kappa shape index (κ1) is 25.7. The number of Topliss-reactive ketones (excluding diaryl/α,β-unsaturated/α-hetero) is 1. The van der Waals surface area contributed by atoms with Gasteiger partial charge in [0.05, 0.1) is 5.57 Å². The lowest BCUT2D eigenvalue weighted by molar-refractivity contribution is -0.194. The van der Waals surface area contributed by atoms with E-state index in [2.05, 4.69) is 5.32 Å². The van der Waals surface area contributed by atoms with Crippen molar-refractivity contribution in [2.75, 3.05) is 6.54 Å². The zero-order chi connectivity index (χ0) is 25.9. The van der Waals surface area contributed by atoms with E-state index in [9.17, 15) is 27.6 Å². The molecule has 0 radical (unpaired) electrons. The fourth-order valence-corrected chi connectivity index (χ4v) is 5.19. The van der Waals surface area contributed by atoms with Crippen LogP contribution < -0.4 is 5.32 Å². The lowest BCUT2D eigenvalue weighted by Crippen LogP contribution is -2.67. The van der Waals surface area contributed by atoms with E-state index in [1.807, 2.05) is 18.2 Å². The van der Waals surface area contributed by atoms with Gasteiger partial charge in [0.25, 0.3) is 5.91 Å². The first-order valence-corrected chi connectivity index (χ1v) is 12.2. The monoisotopic (exact) mass is 498 g/mol. The summed E-state index contributed by atoms with van der Waals surface area (Å²) in [5.41, 5.74) is -3.40. The Morgan fingerprint density at radius 3 is 2.14 bits per heavy atom. The van der Waals surface area contributed by atoms with Crippen LogP contribution in [0.25, 0.3) is 0 Å². The van der Waals surface area contributed by atoms with Gasteiger partial charge in [0, 0.05) is 23.7 Å². The van der Waals surface area contributed by atoms with Crippen LogP contribution >= 0.6 is 0 Å². The topological polar surface area (TPSA) is 66.5 Å². The Hall–Kier alpha value is -3.42. The summed E-state index contributed by atoms with van der Waals surface area (Å²) >= 11 is 0. The van der Waals surface area contributed by atoms with Crippen molar-refractivity contribution >= 4 is 17.6 Å². The molecule has 36 heavy (non-hydrogen) atoms. The van der Waals surface area contributed by atoms with Crippen molar-refractivity contribution in [3.63, 3.8) is 0 Å². The molecule has 2 aromatic rings. The van der Waals surface area contributed by atoms with Gasteiger partial charge in [-0.1, -0.05) is 79.9 Å². The third-order valence-corrected chi connectivity index (χ3v) is 7.15. The van der Waals surface area contributed by atoms with E-state index < -0.39 is 40.8 Å². The van der Waals surface area contributed by atoms with Gasteiger partial charge in [-0.3, -0.25) is 14.4 Å². The number of rotatable bonds is 7. The van der Waals surface area contributed by atoms with Crippen molar-refractivity contribution in [2.24, 2.45) is 5.92 Å². The number of carbonyl (C=O) groups is 3. The molecule has 1 aliphatic carbocycles. The quantitative estimate of drug-likeness (QED) is 0.532. The van der Waals surface area contributed by atoms with Crippen LogP contribution in [-0.4, -0.2) is 40.8 Å². The summed E-state index contributed by atoms with van der Waals surface area (Å²) < 4.78 is 44.9. The first-order chi connectivity index (χ1) is 17.2. The van der Waals surface area contributed by atoms with Crippen molar-refractivity contribution in [1.29, 1.82) is 0 Å². The smallest absolute Gasteiger partial charge is 0.330 e. The Morgan fingerprint density at radius 1 is 0.972 bits per heavy atom. The molecule has 2 amide bonds. The molecule has 0 bridgehead atoms. The Kier molecular flexibility index (Phi) is 7.33. The Balaban J connectivity index is 1.78. The van der Waals surface area contributed by atoms with Crippen molar-refractivity contribution in [2.45, 2.75) is 57.2 Å². The molecule has 190 valence electrons. The minimum Gasteiger partial charge on any atom is -0.330 e. The van der Waals surface area contributed by atoms with Crippen LogP contribution in [0.2, 0.25) is 0 Å². The van der Waals surface area contributed by atoms with Crippen LogP contribution in [0.1, 0.15) is 54.9 Å². The third kappa shape index (κ3) is 4.68. The van der Waals surface area contributed by atoms with Crippen LogP contribution in [0.5, 0.6) is 0 Å². The number of alkyl halides is 3. The van der Waals surface area contributed by atoms with Gasteiger partial charge in [0.1, 0.15) is 0 Å². The van der Waals surface area contributed by atoms with Crippen molar-refractivity contribution < 1.29 is 27.6 Å². The maximum atomic E-state index is 15.0. The average Bonchev–Trinajstić information content (AvgIpc) is 3.10. The molecule has 2 aliphatic rings. The molecular weight excluding hydrogens is 469 g/mol. The number of ketones is 1. The van der Waals surface area contributed by atoms with Crippen LogP contribution in [0.15, 0.2) is 71.9 Å². The number of hydrogen-bond donors (Lipinski definition) is 1. The summed E-state index contributed by atoms with van der Waals surface area (Å²) in [5.74, 6) is -3.73. The van der Waals surface area contributed by atoms with E-state index >= 15 is 0 Å². The number of nitrogens with zero attached hydrogens (tertiary/aromatic N) is 1. The van der Waals surface area contributed by atoms with Crippen molar-refractivity contribution in [1.82, 2.24) is 10.2 Å². The largest absolute Gasteiger partial charge is 0.425 e. The molecule has 1 saturated carbocycles. The maximum Gasteiger partial charge on any atom is 0.425 e. The fraction of sp³-hybridized carbons (Fsp3) is 0.393. The minimum atomic E-state index is -5.23. The summed E-state index contributed by atoms with van der Waals surface area (Å²) in [6, 6.07) is 16.6. The molecule has 1 fully saturated rings. The average molecular weight is 499 g/mol. The molecule has 1 aliphatic heterocycles. The molecule has 1 N–H and O–H groups in total. The van der Waals surface area contributed by atoms with E-state index in [-0.39, 0.29) is 17.8 Å². The molecule has 0 spiro atoms. The number of amides is 2. The van der Waals surface area contributed by atoms with Gasteiger partial charge < -0.3 is 10.2 Å². The Morgan fingerprint density at radius 2 is 1.56 bits per heavy atom. The second-order valence-electron chi connectivity index (χ2n) is 9.42. The molecule has 5 nitrogen and oxygen atoms in total. The summed E-state index contributed by atoms with van der Waals surface area (Å²) in [6.45, 7) is 1.29. The summed E-state index contributed by atoms with van der Waals surface area (Å²) in [6.07, 6.45) is -1.64. The highest BCUT2D eigenvalue weighted by molar-refractivity contribution is 6.19. The predicted octanol–water partition coefficient (Wildman–Crippen LogP) is 5.23. The highest BCUT2D eigenvalue weighted by atomic mass is 19.4. The molecule has 1 atom stereocenters. The minimum absolute atomic E-state index is 0.0186. The van der Waals surface area contributed by atoms with Crippen LogP contribution in [0, 0.1) is 5.92 Å². The normalized spacial score (nSPS) is 21.1. The van der Waals surface area contributed by atoms with E-state index in [1.165, 1.54) is 19.1 Å². The van der Waals surface area contributed by atoms with Crippen LogP contribution in [0.3, 0.4) is 0 Å². The number of allylic oxidation sites excluding steroid dienone is 1. The number of nitrogens with one attached hydrogen (secondary N) is 1. The van der Waals surface area contributed by atoms with Gasteiger partial charge >= 0.3 is 6.18 Å². The van der Waals surface area contributed by atoms with E-state index in [0.29, 0.717) is 19.3 Å². The van der Waals surface area contributed by atoms with E-state index in [0.717, 1.165) is 29.7 Å². The van der Waals surface area contributed by atoms with Crippen molar-refractivity contribution in [3.8, 4) is 0 Å². The molecule has 0 aromatic heterocycles. The Labute approximate surface area is 208 Å². The number of carbonyl (C=O) groups excluding carboxylic acids is 3. The van der Waals surface area contributed by atoms with Crippen LogP contribution in [-0.2, 0) is 16.0 Å². The summed E-state index contributed by atoms with van der Waals surface area (Å²) in [4.78, 5) is 41.4. The highest BCUT2D eigenvalue weighted by Gasteiger charge is 2.70. The highest BCUT2D eigenvalue weighted by Crippen LogP contribution is 2.46. The van der Waals surface area contributed by atoms with E-state index in [1.54, 1.807) is 30.3 Å². The van der Waals surface area contributed by atoms with Gasteiger partial charge in [-0.25, -0.2) is 0 Å². The fourth-order valence-electron chi connectivity index (χ4n) is 5.19. The lowest BCUT2D eigenvalue weighted by Gasteiger charge is -2.35. The number of hydrogen-bond acceptors (Lipinski definition) is 3. The summed E-state index contributed by atoms with van der Waals surface area (Å²) in [5, 5.41) is 2.08. The van der Waals surface area contributed by atoms with E-state index in [4.69, 9.17) is 0 Å². The maximum absolute atomic E-state index is 15.0. The summed E-state index contributed by atoms with van der Waals surface area (Å²) in [7, 11) is 0. The SMILES string of the molecule is CC1=C(C(=O)c2ccccc2)[C@@](NC(=O)C2CCCCC2)(C(F)(F)F)C(=O)N1CCc1ccccc1. The second kappa shape index (κ2) is 10.3. The van der Waals surface area contributed by atoms with Gasteiger partial charge in [-0.15, -0.1) is 0 Å². The van der Waals surface area contributed by atoms with Crippen LogP contribution in [0.4, 0.5) is 13.2 Å². The zero-order valence-electron chi connectivity index (χ0n) is 20.1. The van der Waals surface area contributed by atoms with Crippen molar-refractivity contribution in [3.05, 3.63) is 83.1 Å². The standard InChI is InChI=1S/C28H29F3N2O3/c1-19-23(24(34)21-13-7-3-8-14-21)27(28(29,30)31,32-25(35)22-15-9-4-10-16-22)26(36)33(19)18-17-20-11-5-2-6-12-20/h2-3,5-8,11-14,22H,4,9-10,15-18H2,1H3,(H,32,35)/t27-/m0/s1. The molecule has 4 rings (SSSR count). The molecule has 1 heterocycles. The number of benzene rings is 2. The first-order valence-electron chi connectivity index (χ1n) is 12.2. The van der Waals surface area contributed by atoms with Gasteiger partial charge in [0.2, 0.25) is 11.4 Å². The lowest BCUT2D eigenvalue weighted by atomic mass is 9.82. The van der Waals surface area contributed by atoms with Gasteiger partial charge in [-0.05, 0) is 31.7 Å².